The summed E-state index contributed by atoms with van der Waals surface area (Å²) in [4.78, 5) is 23.5. The lowest BCUT2D eigenvalue weighted by Crippen LogP contribution is -2.07. The monoisotopic (exact) mass is 1170 g/mol. The molecule has 0 spiro atoms. The first kappa shape index (κ1) is 53.8. The molecule has 4 aromatic heterocycles. The van der Waals surface area contributed by atoms with Gasteiger partial charge < -0.3 is 9.13 Å². The van der Waals surface area contributed by atoms with Crippen molar-refractivity contribution < 1.29 is 0 Å². The number of rotatable bonds is 12. The van der Waals surface area contributed by atoms with Gasteiger partial charge in [0.25, 0.3) is 0 Å². The van der Waals surface area contributed by atoms with Crippen molar-refractivity contribution in [3.05, 3.63) is 340 Å². The highest BCUT2D eigenvalue weighted by Crippen LogP contribution is 2.57. The Hall–Kier alpha value is -12.4. The van der Waals surface area contributed by atoms with E-state index >= 15 is 0 Å². The molecule has 0 amide bonds. The van der Waals surface area contributed by atoms with Gasteiger partial charge in [-0.05, 0) is 95.1 Å². The lowest BCUT2D eigenvalue weighted by atomic mass is 9.76. The molecule has 0 aliphatic heterocycles. The summed E-state index contributed by atoms with van der Waals surface area (Å²) < 4.78 is 4.78. The third-order valence-corrected chi connectivity index (χ3v) is 17.8. The van der Waals surface area contributed by atoms with E-state index in [2.05, 4.69) is 349 Å². The van der Waals surface area contributed by atoms with E-state index in [1.165, 1.54) is 0 Å². The summed E-state index contributed by atoms with van der Waals surface area (Å²) in [5.74, 6) is 1.14. The molecular formula is C86H56N6. The Bertz CT molecular complexity index is 5110. The summed E-state index contributed by atoms with van der Waals surface area (Å²) in [6.45, 7) is 0. The van der Waals surface area contributed by atoms with Gasteiger partial charge in [-0.15, -0.1) is 0 Å². The normalized spacial score (nSPS) is 11.5. The number of fused-ring (bicyclic) bond motifs is 6. The molecule has 0 unspecified atom stereocenters. The van der Waals surface area contributed by atoms with Crippen molar-refractivity contribution in [3.63, 3.8) is 0 Å². The van der Waals surface area contributed by atoms with Crippen LogP contribution in [-0.4, -0.2) is 29.1 Å². The van der Waals surface area contributed by atoms with E-state index in [1.54, 1.807) is 0 Å². The minimum absolute atomic E-state index is 0.571. The zero-order valence-corrected chi connectivity index (χ0v) is 50.0. The van der Waals surface area contributed by atoms with E-state index in [0.717, 1.165) is 156 Å². The van der Waals surface area contributed by atoms with Gasteiger partial charge in [-0.2, -0.15) is 0 Å². The topological polar surface area (TPSA) is 61.4 Å². The van der Waals surface area contributed by atoms with Crippen LogP contribution >= 0.6 is 0 Å². The van der Waals surface area contributed by atoms with Crippen LogP contribution in [0.1, 0.15) is 0 Å². The average Bonchev–Trinajstić information content (AvgIpc) is 0.945. The van der Waals surface area contributed by atoms with E-state index in [4.69, 9.17) is 19.9 Å². The molecule has 0 saturated carbocycles. The number of hydrogen-bond donors (Lipinski definition) is 0. The number of benzene rings is 13. The summed E-state index contributed by atoms with van der Waals surface area (Å²) in [6, 6.07) is 121. The van der Waals surface area contributed by atoms with Crippen LogP contribution < -0.4 is 0 Å². The van der Waals surface area contributed by atoms with Gasteiger partial charge in [0, 0.05) is 88.6 Å². The van der Waals surface area contributed by atoms with Crippen molar-refractivity contribution in [1.29, 1.82) is 0 Å². The van der Waals surface area contributed by atoms with Gasteiger partial charge in [0.05, 0.1) is 44.8 Å². The Morgan fingerprint density at radius 1 is 0.174 bits per heavy atom. The summed E-state index contributed by atoms with van der Waals surface area (Å²) in [5.41, 5.74) is 23.1. The van der Waals surface area contributed by atoms with Gasteiger partial charge in [0.2, 0.25) is 0 Å². The van der Waals surface area contributed by atoms with Gasteiger partial charge >= 0.3 is 0 Å². The van der Waals surface area contributed by atoms with Crippen LogP contribution in [0.5, 0.6) is 0 Å². The molecule has 0 fully saturated rings. The summed E-state index contributed by atoms with van der Waals surface area (Å²) >= 11 is 0. The van der Waals surface area contributed by atoms with Crippen LogP contribution in [-0.2, 0) is 0 Å². The quantitative estimate of drug-likeness (QED) is 0.122. The van der Waals surface area contributed by atoms with Crippen LogP contribution in [0.25, 0.3) is 167 Å². The van der Waals surface area contributed by atoms with Crippen molar-refractivity contribution in [2.24, 2.45) is 0 Å². The van der Waals surface area contributed by atoms with E-state index in [0.29, 0.717) is 11.6 Å². The lowest BCUT2D eigenvalue weighted by Gasteiger charge is -2.28. The predicted molar refractivity (Wildman–Crippen MR) is 381 cm³/mol. The number of nitrogens with zero attached hydrogens (tertiary/aromatic N) is 6. The largest absolute Gasteiger partial charge is 0.309 e. The highest BCUT2D eigenvalue weighted by atomic mass is 15.0. The molecular weight excluding hydrogens is 1120 g/mol. The molecule has 0 aliphatic carbocycles. The number of aromatic nitrogens is 6. The predicted octanol–water partition coefficient (Wildman–Crippen LogP) is 22.1. The highest BCUT2D eigenvalue weighted by Gasteiger charge is 2.33. The van der Waals surface area contributed by atoms with Crippen LogP contribution in [0.2, 0.25) is 0 Å². The van der Waals surface area contributed by atoms with Crippen LogP contribution in [0.15, 0.2) is 340 Å². The van der Waals surface area contributed by atoms with Crippen molar-refractivity contribution in [2.75, 3.05) is 0 Å². The van der Waals surface area contributed by atoms with Gasteiger partial charge in [-0.3, -0.25) is 0 Å². The molecule has 0 bridgehead atoms. The fraction of sp³-hybridized carbons (Fsp3) is 0. The zero-order chi connectivity index (χ0) is 60.9. The second-order valence-electron chi connectivity index (χ2n) is 23.2. The zero-order valence-electron chi connectivity index (χ0n) is 50.0. The first-order valence-electron chi connectivity index (χ1n) is 31.2. The Kier molecular flexibility index (Phi) is 13.4. The van der Waals surface area contributed by atoms with Crippen molar-refractivity contribution in [3.8, 4) is 124 Å². The van der Waals surface area contributed by atoms with Crippen molar-refractivity contribution >= 4 is 43.6 Å². The first-order valence-corrected chi connectivity index (χ1v) is 31.2. The summed E-state index contributed by atoms with van der Waals surface area (Å²) in [5, 5.41) is 4.48. The molecule has 0 N–H and O–H groups in total. The molecule has 17 aromatic rings. The van der Waals surface area contributed by atoms with E-state index in [1.807, 2.05) is 0 Å². The third-order valence-electron chi connectivity index (χ3n) is 17.8. The highest BCUT2D eigenvalue weighted by molar-refractivity contribution is 6.18. The molecule has 0 aliphatic rings. The minimum atomic E-state index is 0.571. The van der Waals surface area contributed by atoms with Crippen LogP contribution in [0.3, 0.4) is 0 Å². The van der Waals surface area contributed by atoms with Crippen molar-refractivity contribution in [2.45, 2.75) is 0 Å². The molecule has 4 heterocycles. The Morgan fingerprint density at radius 3 is 0.739 bits per heavy atom. The molecule has 17 rings (SSSR count). The maximum absolute atomic E-state index is 5.89. The molecule has 6 heteroatoms. The SMILES string of the molecule is c1ccc(-c2cc(-c3ccccc3)nc(-c3c(-c4ccccc4)c(-c4ccccc4)c(-c4nc(-c5ccccc5)cc(-c5ccccc5)n4)c(-c4ccc5c(c4)c4ccccc4n5-c4ccccc4)c3-c3ccc4c(c3)c3ccccc3n4-c3ccccc3)n2)cc1. The van der Waals surface area contributed by atoms with Gasteiger partial charge in [0.1, 0.15) is 0 Å². The van der Waals surface area contributed by atoms with E-state index in [-0.39, 0.29) is 0 Å². The Labute approximate surface area is 533 Å². The average molecular weight is 1170 g/mol. The van der Waals surface area contributed by atoms with Gasteiger partial charge in [-0.25, -0.2) is 19.9 Å². The fourth-order valence-electron chi connectivity index (χ4n) is 13.7. The van der Waals surface area contributed by atoms with E-state index < -0.39 is 0 Å². The molecule has 92 heavy (non-hydrogen) atoms. The smallest absolute Gasteiger partial charge is 0.161 e. The second kappa shape index (κ2) is 23.0. The maximum Gasteiger partial charge on any atom is 0.161 e. The summed E-state index contributed by atoms with van der Waals surface area (Å²) in [6.07, 6.45) is 0. The van der Waals surface area contributed by atoms with E-state index in [9.17, 15) is 0 Å². The summed E-state index contributed by atoms with van der Waals surface area (Å²) in [7, 11) is 0. The van der Waals surface area contributed by atoms with Crippen molar-refractivity contribution in [1.82, 2.24) is 29.1 Å². The van der Waals surface area contributed by atoms with Gasteiger partial charge in [0.15, 0.2) is 11.6 Å². The molecule has 6 nitrogen and oxygen atoms in total. The molecule has 0 saturated heterocycles. The Morgan fingerprint density at radius 2 is 0.424 bits per heavy atom. The molecule has 13 aromatic carbocycles. The minimum Gasteiger partial charge on any atom is -0.309 e. The lowest BCUT2D eigenvalue weighted by molar-refractivity contribution is 1.17. The van der Waals surface area contributed by atoms with Gasteiger partial charge in [-0.1, -0.05) is 267 Å². The molecule has 430 valence electrons. The standard InChI is InChI=1S/C86H56N6/c1-9-29-57(30-10-1)71-55-72(58-31-11-2-12-32-58)88-85(87-71)83-79(61-37-17-5-18-38-61)80(62-39-19-6-20-40-62)84(86-89-73(59-33-13-3-14-34-59)56-74(90-86)60-35-15-4-16-36-60)82(64-50-52-78-70(54-64)68-46-26-28-48-76(68)92(78)66-43-23-8-24-44-66)81(83)63-49-51-77-69(53-63)67-45-25-27-47-75(67)91(77)65-41-21-7-22-42-65/h1-56H. The third kappa shape index (κ3) is 9.45. The molecule has 0 atom stereocenters. The maximum atomic E-state index is 5.89. The molecule has 0 radical (unpaired) electrons. The second-order valence-corrected chi connectivity index (χ2v) is 23.2. The number of hydrogen-bond acceptors (Lipinski definition) is 4. The van der Waals surface area contributed by atoms with Crippen LogP contribution in [0, 0.1) is 0 Å². The van der Waals surface area contributed by atoms with Crippen LogP contribution in [0.4, 0.5) is 0 Å². The Balaban J connectivity index is 1.13. The number of para-hydroxylation sites is 4. The fourth-order valence-corrected chi connectivity index (χ4v) is 13.7. The first-order chi connectivity index (χ1) is 45.7.